The van der Waals surface area contributed by atoms with E-state index in [2.05, 4.69) is 16.0 Å². The lowest BCUT2D eigenvalue weighted by Crippen LogP contribution is -2.54. The van der Waals surface area contributed by atoms with E-state index in [1.54, 1.807) is 0 Å². The molecule has 1 aromatic carbocycles. The number of imide groups is 2. The number of rotatable bonds is 4. The zero-order chi connectivity index (χ0) is 19.4. The van der Waals surface area contributed by atoms with Crippen molar-refractivity contribution in [2.24, 2.45) is 5.92 Å². The summed E-state index contributed by atoms with van der Waals surface area (Å²) in [4.78, 5) is 49.9. The average Bonchev–Trinajstić information content (AvgIpc) is 2.88. The summed E-state index contributed by atoms with van der Waals surface area (Å²) < 4.78 is 0. The second kappa shape index (κ2) is 7.77. The zero-order valence-electron chi connectivity index (χ0n) is 15.3. The molecule has 2 unspecified atom stereocenters. The highest BCUT2D eigenvalue weighted by molar-refractivity contribution is 6.10. The third kappa shape index (κ3) is 3.94. The highest BCUT2D eigenvalue weighted by Crippen LogP contribution is 2.38. The maximum absolute atomic E-state index is 12.8. The van der Waals surface area contributed by atoms with Crippen LogP contribution >= 0.6 is 0 Å². The summed E-state index contributed by atoms with van der Waals surface area (Å²) in [5, 5.41) is 7.51. The number of carbonyl (C=O) groups excluding carboxylic acids is 4. The Morgan fingerprint density at radius 3 is 2.67 bits per heavy atom. The number of benzene rings is 1. The topological polar surface area (TPSA) is 108 Å². The Kier molecular flexibility index (Phi) is 5.43. The van der Waals surface area contributed by atoms with Crippen LogP contribution in [0.4, 0.5) is 9.59 Å². The second-order valence-corrected chi connectivity index (χ2v) is 7.16. The quantitative estimate of drug-likeness (QED) is 0.696. The normalized spacial score (nSPS) is 24.6. The van der Waals surface area contributed by atoms with E-state index in [1.165, 1.54) is 0 Å². The number of nitrogens with one attached hydrogen (secondary N) is 3. The first-order valence-electron chi connectivity index (χ1n) is 9.18. The molecule has 8 heteroatoms. The molecule has 3 N–H and O–H groups in total. The summed E-state index contributed by atoms with van der Waals surface area (Å²) in [5.74, 6) is -1.06. The number of carbonyl (C=O) groups is 4. The molecule has 1 aliphatic carbocycles. The summed E-state index contributed by atoms with van der Waals surface area (Å²) >= 11 is 0. The molecule has 0 aromatic heterocycles. The Morgan fingerprint density at radius 2 is 1.96 bits per heavy atom. The molecule has 1 aliphatic heterocycles. The summed E-state index contributed by atoms with van der Waals surface area (Å²) in [6, 6.07) is 8.01. The van der Waals surface area contributed by atoms with Crippen molar-refractivity contribution in [3.05, 3.63) is 35.9 Å². The van der Waals surface area contributed by atoms with Gasteiger partial charge in [0.25, 0.3) is 5.91 Å². The largest absolute Gasteiger partial charge is 0.334 e. The maximum atomic E-state index is 12.8. The molecule has 1 saturated carbocycles. The van der Waals surface area contributed by atoms with Gasteiger partial charge in [0.2, 0.25) is 5.91 Å². The van der Waals surface area contributed by atoms with Gasteiger partial charge in [-0.1, -0.05) is 50.1 Å². The van der Waals surface area contributed by atoms with Crippen molar-refractivity contribution in [2.75, 3.05) is 6.54 Å². The van der Waals surface area contributed by atoms with Crippen molar-refractivity contribution in [3.8, 4) is 0 Å². The van der Waals surface area contributed by atoms with Gasteiger partial charge in [-0.3, -0.25) is 19.8 Å². The monoisotopic (exact) mass is 372 g/mol. The third-order valence-corrected chi connectivity index (χ3v) is 5.35. The van der Waals surface area contributed by atoms with E-state index in [1.807, 2.05) is 37.3 Å². The van der Waals surface area contributed by atoms with Gasteiger partial charge in [-0.05, 0) is 24.3 Å². The first-order valence-corrected chi connectivity index (χ1v) is 9.18. The minimum atomic E-state index is -0.912. The smallest absolute Gasteiger partial charge is 0.325 e. The molecule has 2 atom stereocenters. The number of amides is 6. The molecule has 2 fully saturated rings. The first-order chi connectivity index (χ1) is 12.9. The van der Waals surface area contributed by atoms with Crippen LogP contribution in [0.3, 0.4) is 0 Å². The summed E-state index contributed by atoms with van der Waals surface area (Å²) in [6.07, 6.45) is 3.31. The Balaban J connectivity index is 1.53. The van der Waals surface area contributed by atoms with Gasteiger partial charge < -0.3 is 10.6 Å². The number of urea groups is 2. The van der Waals surface area contributed by atoms with Gasteiger partial charge in [0.1, 0.15) is 12.1 Å². The van der Waals surface area contributed by atoms with E-state index in [9.17, 15) is 19.2 Å². The maximum Gasteiger partial charge on any atom is 0.325 e. The molecule has 1 aromatic rings. The standard InChI is InChI=1S/C19H24N4O4/c1-13-7-5-6-10-19(13)16(25)23(18(27)22-19)12-15(24)21-17(26)20-11-14-8-3-2-4-9-14/h2-4,8-9,13H,5-7,10-12H2,1H3,(H,22,27)(H2,20,21,24,26). The molecular weight excluding hydrogens is 348 g/mol. The summed E-state index contributed by atoms with van der Waals surface area (Å²) in [7, 11) is 0. The van der Waals surface area contributed by atoms with Crippen LogP contribution in [0.2, 0.25) is 0 Å². The number of nitrogens with zero attached hydrogens (tertiary/aromatic N) is 1. The molecule has 1 spiro atoms. The highest BCUT2D eigenvalue weighted by atomic mass is 16.2. The molecule has 2 aliphatic rings. The van der Waals surface area contributed by atoms with Gasteiger partial charge in [-0.25, -0.2) is 9.59 Å². The van der Waals surface area contributed by atoms with Crippen molar-refractivity contribution in [2.45, 2.75) is 44.7 Å². The lowest BCUT2D eigenvalue weighted by molar-refractivity contribution is -0.137. The first kappa shape index (κ1) is 18.9. The molecule has 1 heterocycles. The molecule has 6 amide bonds. The lowest BCUT2D eigenvalue weighted by Gasteiger charge is -2.36. The molecule has 0 radical (unpaired) electrons. The Bertz CT molecular complexity index is 751. The molecular formula is C19H24N4O4. The lowest BCUT2D eigenvalue weighted by atomic mass is 9.73. The van der Waals surface area contributed by atoms with Crippen LogP contribution in [0, 0.1) is 5.92 Å². The van der Waals surface area contributed by atoms with Gasteiger partial charge in [0.05, 0.1) is 0 Å². The number of hydrogen-bond acceptors (Lipinski definition) is 4. The summed E-state index contributed by atoms with van der Waals surface area (Å²) in [5.41, 5.74) is -0.0204. The van der Waals surface area contributed by atoms with Gasteiger partial charge in [0.15, 0.2) is 0 Å². The van der Waals surface area contributed by atoms with Crippen molar-refractivity contribution in [1.82, 2.24) is 20.9 Å². The van der Waals surface area contributed by atoms with Crippen LogP contribution in [-0.2, 0) is 16.1 Å². The van der Waals surface area contributed by atoms with Crippen LogP contribution in [0.25, 0.3) is 0 Å². The van der Waals surface area contributed by atoms with Crippen LogP contribution in [0.5, 0.6) is 0 Å². The molecule has 27 heavy (non-hydrogen) atoms. The highest BCUT2D eigenvalue weighted by Gasteiger charge is 2.55. The van der Waals surface area contributed by atoms with Crippen LogP contribution in [0.1, 0.15) is 38.2 Å². The van der Waals surface area contributed by atoms with Crippen LogP contribution < -0.4 is 16.0 Å². The van der Waals surface area contributed by atoms with Gasteiger partial charge >= 0.3 is 12.1 Å². The van der Waals surface area contributed by atoms with E-state index < -0.39 is 30.1 Å². The predicted molar refractivity (Wildman–Crippen MR) is 97.4 cm³/mol. The van der Waals surface area contributed by atoms with Crippen molar-refractivity contribution in [1.29, 1.82) is 0 Å². The molecule has 0 bridgehead atoms. The number of hydrogen-bond donors (Lipinski definition) is 3. The van der Waals surface area contributed by atoms with Gasteiger partial charge in [0, 0.05) is 6.54 Å². The summed E-state index contributed by atoms with van der Waals surface area (Å²) in [6.45, 7) is 1.74. The van der Waals surface area contributed by atoms with Gasteiger partial charge in [-0.15, -0.1) is 0 Å². The Hall–Kier alpha value is -2.90. The predicted octanol–water partition coefficient (Wildman–Crippen LogP) is 1.51. The van der Waals surface area contributed by atoms with E-state index in [0.717, 1.165) is 29.7 Å². The molecule has 144 valence electrons. The van der Waals surface area contributed by atoms with Gasteiger partial charge in [-0.2, -0.15) is 0 Å². The van der Waals surface area contributed by atoms with Crippen LogP contribution in [-0.4, -0.2) is 40.9 Å². The van der Waals surface area contributed by atoms with Crippen molar-refractivity contribution >= 4 is 23.9 Å². The average molecular weight is 372 g/mol. The Labute approximate surface area is 157 Å². The Morgan fingerprint density at radius 1 is 1.22 bits per heavy atom. The third-order valence-electron chi connectivity index (χ3n) is 5.35. The van der Waals surface area contributed by atoms with E-state index in [0.29, 0.717) is 6.42 Å². The molecule has 3 rings (SSSR count). The fourth-order valence-electron chi connectivity index (χ4n) is 3.77. The van der Waals surface area contributed by atoms with Crippen molar-refractivity contribution < 1.29 is 19.2 Å². The zero-order valence-corrected chi connectivity index (χ0v) is 15.3. The van der Waals surface area contributed by atoms with E-state index >= 15 is 0 Å². The second-order valence-electron chi connectivity index (χ2n) is 7.16. The minimum absolute atomic E-state index is 0.0185. The van der Waals surface area contributed by atoms with Crippen LogP contribution in [0.15, 0.2) is 30.3 Å². The molecule has 1 saturated heterocycles. The minimum Gasteiger partial charge on any atom is -0.334 e. The van der Waals surface area contributed by atoms with E-state index in [-0.39, 0.29) is 18.4 Å². The fourth-order valence-corrected chi connectivity index (χ4v) is 3.77. The van der Waals surface area contributed by atoms with E-state index in [4.69, 9.17) is 0 Å². The van der Waals surface area contributed by atoms with Crippen molar-refractivity contribution in [3.63, 3.8) is 0 Å². The fraction of sp³-hybridized carbons (Fsp3) is 0.474. The SMILES string of the molecule is CC1CCCCC12NC(=O)N(CC(=O)NC(=O)NCc1ccccc1)C2=O. The molecule has 8 nitrogen and oxygen atoms in total.